The predicted octanol–water partition coefficient (Wildman–Crippen LogP) is 2.81. The first-order valence-corrected chi connectivity index (χ1v) is 8.19. The fraction of sp³-hybridized carbons (Fsp3) is 0.176. The van der Waals surface area contributed by atoms with Crippen molar-refractivity contribution in [3.63, 3.8) is 0 Å². The molecule has 8 heteroatoms. The second-order valence-corrected chi connectivity index (χ2v) is 6.10. The largest absolute Gasteiger partial charge is 0.484 e. The summed E-state index contributed by atoms with van der Waals surface area (Å²) in [6.45, 7) is 1.61. The molecule has 0 bridgehead atoms. The SMILES string of the molecule is Cc1cc(CNC(=O)NNC(=O)COc2ccc(Br)cc2)ccc1F. The van der Waals surface area contributed by atoms with Crippen molar-refractivity contribution in [2.24, 2.45) is 0 Å². The van der Waals surface area contributed by atoms with Crippen molar-refractivity contribution in [3.8, 4) is 5.75 Å². The summed E-state index contributed by atoms with van der Waals surface area (Å²) in [7, 11) is 0. The molecule has 0 saturated carbocycles. The van der Waals surface area contributed by atoms with Crippen LogP contribution in [0.1, 0.15) is 11.1 Å². The Bertz CT molecular complexity index is 753. The van der Waals surface area contributed by atoms with Crippen molar-refractivity contribution in [2.75, 3.05) is 6.61 Å². The lowest BCUT2D eigenvalue weighted by Gasteiger charge is -2.10. The molecule has 3 N–H and O–H groups in total. The molecule has 132 valence electrons. The first-order valence-electron chi connectivity index (χ1n) is 7.40. The summed E-state index contributed by atoms with van der Waals surface area (Å²) in [5.74, 6) is -0.267. The van der Waals surface area contributed by atoms with E-state index in [0.717, 1.165) is 10.0 Å². The number of carbonyl (C=O) groups is 2. The maximum Gasteiger partial charge on any atom is 0.333 e. The Morgan fingerprint density at radius 2 is 1.84 bits per heavy atom. The zero-order valence-corrected chi connectivity index (χ0v) is 15.0. The number of urea groups is 1. The Morgan fingerprint density at radius 3 is 2.52 bits per heavy atom. The molecular formula is C17H17BrFN3O3. The van der Waals surface area contributed by atoms with Crippen molar-refractivity contribution in [2.45, 2.75) is 13.5 Å². The van der Waals surface area contributed by atoms with Gasteiger partial charge in [0, 0.05) is 11.0 Å². The van der Waals surface area contributed by atoms with Crippen LogP contribution < -0.4 is 20.9 Å². The monoisotopic (exact) mass is 409 g/mol. The van der Waals surface area contributed by atoms with Crippen molar-refractivity contribution in [1.29, 1.82) is 0 Å². The number of nitrogens with one attached hydrogen (secondary N) is 3. The van der Waals surface area contributed by atoms with Crippen LogP contribution in [0.5, 0.6) is 5.75 Å². The molecule has 6 nitrogen and oxygen atoms in total. The third-order valence-electron chi connectivity index (χ3n) is 3.17. The Balaban J connectivity index is 1.67. The quantitative estimate of drug-likeness (QED) is 0.664. The van der Waals surface area contributed by atoms with Crippen LogP contribution in [0, 0.1) is 12.7 Å². The van der Waals surface area contributed by atoms with E-state index in [4.69, 9.17) is 4.74 Å². The van der Waals surface area contributed by atoms with Crippen LogP contribution in [-0.4, -0.2) is 18.5 Å². The normalized spacial score (nSPS) is 10.0. The Hall–Kier alpha value is -2.61. The molecule has 0 saturated heterocycles. The van der Waals surface area contributed by atoms with Gasteiger partial charge in [-0.25, -0.2) is 14.6 Å². The van der Waals surface area contributed by atoms with Crippen LogP contribution in [0.2, 0.25) is 0 Å². The highest BCUT2D eigenvalue weighted by molar-refractivity contribution is 9.10. The highest BCUT2D eigenvalue weighted by Crippen LogP contribution is 2.15. The average Bonchev–Trinajstić information content (AvgIpc) is 2.60. The number of hydrogen-bond donors (Lipinski definition) is 3. The fourth-order valence-electron chi connectivity index (χ4n) is 1.89. The number of benzene rings is 2. The highest BCUT2D eigenvalue weighted by Gasteiger charge is 2.06. The molecule has 2 aromatic rings. The van der Waals surface area contributed by atoms with Gasteiger partial charge in [0.1, 0.15) is 11.6 Å². The van der Waals surface area contributed by atoms with E-state index in [1.165, 1.54) is 6.07 Å². The number of carbonyl (C=O) groups excluding carboxylic acids is 2. The lowest BCUT2D eigenvalue weighted by Crippen LogP contribution is -2.48. The van der Waals surface area contributed by atoms with Gasteiger partial charge in [-0.3, -0.25) is 10.2 Å². The molecule has 0 heterocycles. The smallest absolute Gasteiger partial charge is 0.333 e. The maximum atomic E-state index is 13.2. The van der Waals surface area contributed by atoms with Crippen LogP contribution >= 0.6 is 15.9 Å². The summed E-state index contributed by atoms with van der Waals surface area (Å²) >= 11 is 3.30. The van der Waals surface area contributed by atoms with Gasteiger partial charge in [-0.1, -0.05) is 28.1 Å². The Morgan fingerprint density at radius 1 is 1.12 bits per heavy atom. The van der Waals surface area contributed by atoms with E-state index in [9.17, 15) is 14.0 Å². The first-order chi connectivity index (χ1) is 11.9. The van der Waals surface area contributed by atoms with Crippen LogP contribution in [-0.2, 0) is 11.3 Å². The molecule has 0 spiro atoms. The summed E-state index contributed by atoms with van der Waals surface area (Å²) in [5.41, 5.74) is 5.69. The fourth-order valence-corrected chi connectivity index (χ4v) is 2.15. The van der Waals surface area contributed by atoms with E-state index in [1.54, 1.807) is 43.3 Å². The second kappa shape index (κ2) is 9.03. The maximum absolute atomic E-state index is 13.2. The van der Waals surface area contributed by atoms with E-state index < -0.39 is 11.9 Å². The van der Waals surface area contributed by atoms with E-state index in [0.29, 0.717) is 11.3 Å². The van der Waals surface area contributed by atoms with Crippen molar-refractivity contribution < 1.29 is 18.7 Å². The molecule has 2 rings (SSSR count). The summed E-state index contributed by atoms with van der Waals surface area (Å²) in [4.78, 5) is 23.2. The zero-order valence-electron chi connectivity index (χ0n) is 13.4. The van der Waals surface area contributed by atoms with Crippen molar-refractivity contribution >= 4 is 27.9 Å². The minimum absolute atomic E-state index is 0.207. The Kier molecular flexibility index (Phi) is 6.76. The molecule has 0 unspecified atom stereocenters. The summed E-state index contributed by atoms with van der Waals surface area (Å²) in [6.07, 6.45) is 0. The molecule has 0 aliphatic heterocycles. The van der Waals surface area contributed by atoms with Crippen LogP contribution in [0.25, 0.3) is 0 Å². The molecule has 2 aromatic carbocycles. The lowest BCUT2D eigenvalue weighted by molar-refractivity contribution is -0.123. The zero-order chi connectivity index (χ0) is 18.2. The minimum atomic E-state index is -0.584. The van der Waals surface area contributed by atoms with E-state index in [2.05, 4.69) is 32.1 Å². The van der Waals surface area contributed by atoms with Gasteiger partial charge in [-0.15, -0.1) is 0 Å². The van der Waals surface area contributed by atoms with Crippen LogP contribution in [0.4, 0.5) is 9.18 Å². The van der Waals surface area contributed by atoms with Gasteiger partial charge in [0.2, 0.25) is 0 Å². The number of hydrogen-bond acceptors (Lipinski definition) is 3. The Labute approximate surface area is 152 Å². The topological polar surface area (TPSA) is 79.5 Å². The van der Waals surface area contributed by atoms with E-state index >= 15 is 0 Å². The van der Waals surface area contributed by atoms with Gasteiger partial charge in [-0.2, -0.15) is 0 Å². The summed E-state index contributed by atoms with van der Waals surface area (Å²) in [6, 6.07) is 11.0. The molecule has 0 aliphatic carbocycles. The van der Waals surface area contributed by atoms with Crippen LogP contribution in [0.15, 0.2) is 46.9 Å². The average molecular weight is 410 g/mol. The second-order valence-electron chi connectivity index (χ2n) is 5.18. The third-order valence-corrected chi connectivity index (χ3v) is 3.70. The van der Waals surface area contributed by atoms with Gasteiger partial charge in [0.05, 0.1) is 0 Å². The van der Waals surface area contributed by atoms with Gasteiger partial charge in [0.25, 0.3) is 5.91 Å². The summed E-state index contributed by atoms with van der Waals surface area (Å²) in [5, 5.41) is 2.55. The molecule has 0 aromatic heterocycles. The number of halogens is 2. The molecule has 0 atom stereocenters. The van der Waals surface area contributed by atoms with Crippen molar-refractivity contribution in [3.05, 3.63) is 63.9 Å². The number of ether oxygens (including phenoxy) is 1. The van der Waals surface area contributed by atoms with Gasteiger partial charge in [-0.05, 0) is 48.4 Å². The molecule has 0 aliphatic rings. The van der Waals surface area contributed by atoms with E-state index in [1.807, 2.05) is 0 Å². The number of aryl methyl sites for hydroxylation is 1. The number of amides is 3. The standard InChI is InChI=1S/C17H17BrFN3O3/c1-11-8-12(2-7-15(11)19)9-20-17(24)22-21-16(23)10-25-14-5-3-13(18)4-6-14/h2-8H,9-10H2,1H3,(H,21,23)(H2,20,22,24). The van der Waals surface area contributed by atoms with Gasteiger partial charge >= 0.3 is 6.03 Å². The lowest BCUT2D eigenvalue weighted by atomic mass is 10.1. The molecule has 25 heavy (non-hydrogen) atoms. The molecule has 3 amide bonds. The van der Waals surface area contributed by atoms with Crippen molar-refractivity contribution in [1.82, 2.24) is 16.2 Å². The predicted molar refractivity (Wildman–Crippen MR) is 94.3 cm³/mol. The third kappa shape index (κ3) is 6.42. The van der Waals surface area contributed by atoms with Gasteiger partial charge < -0.3 is 10.1 Å². The molecule has 0 radical (unpaired) electrons. The van der Waals surface area contributed by atoms with Gasteiger partial charge in [0.15, 0.2) is 6.61 Å². The minimum Gasteiger partial charge on any atom is -0.484 e. The van der Waals surface area contributed by atoms with E-state index in [-0.39, 0.29) is 19.0 Å². The number of rotatable bonds is 5. The first kappa shape index (κ1) is 18.7. The molecular weight excluding hydrogens is 393 g/mol. The van der Waals surface area contributed by atoms with Crippen LogP contribution in [0.3, 0.4) is 0 Å². The highest BCUT2D eigenvalue weighted by atomic mass is 79.9. The summed E-state index contributed by atoms with van der Waals surface area (Å²) < 4.78 is 19.3. The molecule has 0 fully saturated rings. The number of hydrazine groups is 1.